The van der Waals surface area contributed by atoms with Crippen LogP contribution in [-0.4, -0.2) is 45.1 Å². The molecule has 1 aliphatic rings. The second kappa shape index (κ2) is 10.7. The quantitative estimate of drug-likeness (QED) is 0.359. The van der Waals surface area contributed by atoms with Crippen LogP contribution in [0.25, 0.3) is 11.1 Å². The number of rotatable bonds is 8. The number of benzene rings is 3. The van der Waals surface area contributed by atoms with E-state index >= 15 is 0 Å². The van der Waals surface area contributed by atoms with Crippen molar-refractivity contribution in [1.29, 1.82) is 0 Å². The van der Waals surface area contributed by atoms with Crippen molar-refractivity contribution >= 4 is 9.84 Å². The topological polar surface area (TPSA) is 55.8 Å². The highest BCUT2D eigenvalue weighted by Gasteiger charge is 2.46. The smallest absolute Gasteiger partial charge is 0.492 e. The van der Waals surface area contributed by atoms with Crippen LogP contribution >= 0.6 is 0 Å². The first-order chi connectivity index (χ1) is 16.7. The van der Waals surface area contributed by atoms with E-state index in [0.29, 0.717) is 29.2 Å². The van der Waals surface area contributed by atoms with Crippen LogP contribution in [0.5, 0.6) is 17.2 Å². The summed E-state index contributed by atoms with van der Waals surface area (Å²) in [4.78, 5) is 1.60. The van der Waals surface area contributed by atoms with Crippen LogP contribution in [0.1, 0.15) is 19.3 Å². The largest absolute Gasteiger partial charge is 0.501 e. The van der Waals surface area contributed by atoms with Crippen molar-refractivity contribution in [3.63, 3.8) is 0 Å². The minimum Gasteiger partial charge on any atom is -0.492 e. The van der Waals surface area contributed by atoms with Crippen LogP contribution in [0.2, 0.25) is 0 Å². The van der Waals surface area contributed by atoms with E-state index in [1.165, 1.54) is 31.4 Å². The van der Waals surface area contributed by atoms with E-state index in [1.807, 2.05) is 12.1 Å². The number of piperidine rings is 1. The fourth-order valence-electron chi connectivity index (χ4n) is 3.95. The van der Waals surface area contributed by atoms with Gasteiger partial charge in [-0.1, -0.05) is 36.8 Å². The molecule has 0 spiro atoms. The molecule has 9 heteroatoms. The monoisotopic (exact) mass is 505 g/mol. The molecule has 35 heavy (non-hydrogen) atoms. The van der Waals surface area contributed by atoms with Gasteiger partial charge in [-0.15, -0.1) is 0 Å². The molecule has 0 aromatic heterocycles. The summed E-state index contributed by atoms with van der Waals surface area (Å²) in [5, 5.41) is 0. The van der Waals surface area contributed by atoms with Gasteiger partial charge in [0.2, 0.25) is 0 Å². The second-order valence-electron chi connectivity index (χ2n) is 8.29. The molecule has 0 amide bonds. The predicted octanol–water partition coefficient (Wildman–Crippen LogP) is 6.30. The Morgan fingerprint density at radius 3 is 2.09 bits per heavy atom. The molecule has 1 heterocycles. The summed E-state index contributed by atoms with van der Waals surface area (Å²) in [6.07, 6.45) is 3.78. The van der Waals surface area contributed by atoms with Gasteiger partial charge in [0, 0.05) is 12.1 Å². The van der Waals surface area contributed by atoms with Crippen molar-refractivity contribution in [2.45, 2.75) is 29.7 Å². The highest BCUT2D eigenvalue weighted by atomic mass is 32.2. The normalized spacial score (nSPS) is 15.1. The third kappa shape index (κ3) is 6.15. The average Bonchev–Trinajstić information content (AvgIpc) is 2.85. The number of halogens is 3. The molecule has 0 radical (unpaired) electrons. The number of hydrogen-bond acceptors (Lipinski definition) is 5. The second-order valence-corrected chi connectivity index (χ2v) is 10.2. The Hall–Kier alpha value is -3.04. The first-order valence-electron chi connectivity index (χ1n) is 11.4. The first-order valence-corrected chi connectivity index (χ1v) is 12.9. The van der Waals surface area contributed by atoms with Crippen molar-refractivity contribution in [3.05, 3.63) is 72.8 Å². The number of para-hydroxylation sites is 1. The van der Waals surface area contributed by atoms with E-state index in [1.54, 1.807) is 36.4 Å². The maximum absolute atomic E-state index is 12.8. The number of nitrogens with zero attached hydrogens (tertiary/aromatic N) is 1. The highest BCUT2D eigenvalue weighted by Crippen LogP contribution is 2.36. The molecule has 0 atom stereocenters. The van der Waals surface area contributed by atoms with Crippen molar-refractivity contribution in [2.75, 3.05) is 26.2 Å². The molecular formula is C26H26F3NO4S. The Balaban J connectivity index is 1.42. The van der Waals surface area contributed by atoms with Crippen molar-refractivity contribution in [1.82, 2.24) is 4.90 Å². The lowest BCUT2D eigenvalue weighted by atomic mass is 10.0. The summed E-state index contributed by atoms with van der Waals surface area (Å²) in [5.41, 5.74) is -4.21. The average molecular weight is 506 g/mol. The van der Waals surface area contributed by atoms with Gasteiger partial charge in [-0.05, 0) is 74.0 Å². The Bertz CT molecular complexity index is 1220. The molecule has 1 aliphatic heterocycles. The zero-order valence-corrected chi connectivity index (χ0v) is 19.8. The van der Waals surface area contributed by atoms with Gasteiger partial charge in [-0.2, -0.15) is 13.2 Å². The zero-order valence-electron chi connectivity index (χ0n) is 19.0. The molecule has 186 valence electrons. The summed E-state index contributed by atoms with van der Waals surface area (Å²) in [5.74, 6) is 1.79. The fourth-order valence-corrected chi connectivity index (χ4v) is 4.71. The van der Waals surface area contributed by atoms with Crippen LogP contribution in [0.3, 0.4) is 0 Å². The number of likely N-dealkylation sites (tertiary alicyclic amines) is 1. The molecule has 0 unspecified atom stereocenters. The number of sulfone groups is 1. The summed E-state index contributed by atoms with van der Waals surface area (Å²) >= 11 is 0. The molecule has 3 aromatic carbocycles. The van der Waals surface area contributed by atoms with Crippen LogP contribution in [0, 0.1) is 0 Å². The Labute approximate surface area is 203 Å². The van der Waals surface area contributed by atoms with Crippen LogP contribution in [0.15, 0.2) is 77.7 Å². The Kier molecular flexibility index (Phi) is 7.66. The van der Waals surface area contributed by atoms with E-state index in [4.69, 9.17) is 9.47 Å². The van der Waals surface area contributed by atoms with Gasteiger partial charge >= 0.3 is 5.51 Å². The van der Waals surface area contributed by atoms with Crippen molar-refractivity contribution in [3.8, 4) is 28.4 Å². The van der Waals surface area contributed by atoms with Crippen LogP contribution in [-0.2, 0) is 9.84 Å². The van der Waals surface area contributed by atoms with Crippen LogP contribution in [0.4, 0.5) is 13.2 Å². The molecule has 5 nitrogen and oxygen atoms in total. The van der Waals surface area contributed by atoms with Gasteiger partial charge in [0.05, 0.1) is 4.90 Å². The number of ether oxygens (including phenoxy) is 2. The minimum atomic E-state index is -5.40. The van der Waals surface area contributed by atoms with E-state index in [-0.39, 0.29) is 0 Å². The SMILES string of the molecule is O=S(=O)(c1ccc(-c2ccccc2Oc2ccc(OCCN3CCCCC3)cc2)cc1)C(F)(F)F. The summed E-state index contributed by atoms with van der Waals surface area (Å²) < 4.78 is 73.5. The molecule has 0 saturated carbocycles. The number of hydrogen-bond donors (Lipinski definition) is 0. The molecule has 0 bridgehead atoms. The first kappa shape index (κ1) is 25.1. The maximum Gasteiger partial charge on any atom is 0.501 e. The van der Waals surface area contributed by atoms with E-state index in [9.17, 15) is 21.6 Å². The Morgan fingerprint density at radius 1 is 0.800 bits per heavy atom. The molecule has 1 fully saturated rings. The Morgan fingerprint density at radius 2 is 1.43 bits per heavy atom. The van der Waals surface area contributed by atoms with Gasteiger partial charge < -0.3 is 9.47 Å². The lowest BCUT2D eigenvalue weighted by Crippen LogP contribution is -2.33. The summed E-state index contributed by atoms with van der Waals surface area (Å²) in [6.45, 7) is 3.75. The van der Waals surface area contributed by atoms with E-state index in [0.717, 1.165) is 37.5 Å². The van der Waals surface area contributed by atoms with E-state index in [2.05, 4.69) is 4.90 Å². The molecular weight excluding hydrogens is 479 g/mol. The van der Waals surface area contributed by atoms with Gasteiger partial charge in [0.15, 0.2) is 0 Å². The molecule has 1 saturated heterocycles. The summed E-state index contributed by atoms with van der Waals surface area (Å²) in [7, 11) is -5.40. The van der Waals surface area contributed by atoms with Gasteiger partial charge in [-0.3, -0.25) is 4.90 Å². The van der Waals surface area contributed by atoms with Crippen LogP contribution < -0.4 is 9.47 Å². The van der Waals surface area contributed by atoms with Crippen molar-refractivity contribution in [2.24, 2.45) is 0 Å². The fraction of sp³-hybridized carbons (Fsp3) is 0.308. The standard InChI is InChI=1S/C26H26F3NO4S/c27-26(28,29)35(31,32)23-14-8-20(9-15-23)24-6-2-3-7-25(24)34-22-12-10-21(11-13-22)33-19-18-30-16-4-1-5-17-30/h2-3,6-15H,1,4-5,16-19H2. The molecule has 4 rings (SSSR count). The molecule has 3 aromatic rings. The molecule has 0 N–H and O–H groups in total. The lowest BCUT2D eigenvalue weighted by Gasteiger charge is -2.26. The lowest BCUT2D eigenvalue weighted by molar-refractivity contribution is -0.0436. The summed E-state index contributed by atoms with van der Waals surface area (Å²) in [6, 6.07) is 18.8. The van der Waals surface area contributed by atoms with Gasteiger partial charge in [0.1, 0.15) is 23.9 Å². The van der Waals surface area contributed by atoms with Gasteiger partial charge in [-0.25, -0.2) is 8.42 Å². The maximum atomic E-state index is 12.8. The predicted molar refractivity (Wildman–Crippen MR) is 127 cm³/mol. The number of alkyl halides is 3. The molecule has 0 aliphatic carbocycles. The van der Waals surface area contributed by atoms with E-state index < -0.39 is 20.2 Å². The zero-order chi connectivity index (χ0) is 24.9. The third-order valence-corrected chi connectivity index (χ3v) is 7.35. The van der Waals surface area contributed by atoms with Gasteiger partial charge in [0.25, 0.3) is 9.84 Å². The third-order valence-electron chi connectivity index (χ3n) is 5.84. The minimum absolute atomic E-state index is 0.484. The highest BCUT2D eigenvalue weighted by molar-refractivity contribution is 7.92. The van der Waals surface area contributed by atoms with Crippen molar-refractivity contribution < 1.29 is 31.1 Å².